The van der Waals surface area contributed by atoms with Crippen molar-refractivity contribution in [2.45, 2.75) is 40.3 Å². The van der Waals surface area contributed by atoms with Gasteiger partial charge in [0.2, 0.25) is 5.89 Å². The molecule has 0 aliphatic carbocycles. The molecule has 0 bridgehead atoms. The van der Waals surface area contributed by atoms with Crippen molar-refractivity contribution in [3.05, 3.63) is 17.3 Å². The first kappa shape index (κ1) is 16.2. The zero-order chi connectivity index (χ0) is 12.1. The van der Waals surface area contributed by atoms with E-state index in [1.165, 1.54) is 0 Å². The van der Waals surface area contributed by atoms with Crippen LogP contribution in [0.5, 0.6) is 0 Å². The van der Waals surface area contributed by atoms with E-state index in [0.29, 0.717) is 18.5 Å². The third-order valence-corrected chi connectivity index (χ3v) is 2.13. The fraction of sp³-hybridized carbons (Fsp3) is 0.636. The number of guanidine groups is 1. The number of halogens is 1. The number of nitrogens with one attached hydrogen (secondary N) is 2. The molecule has 2 N–H and O–H groups in total. The number of aromatic nitrogens is 1. The molecule has 0 unspecified atom stereocenters. The van der Waals surface area contributed by atoms with Gasteiger partial charge in [0.05, 0.1) is 12.2 Å². The zero-order valence-corrected chi connectivity index (χ0v) is 13.3. The number of aryl methyl sites for hydroxylation is 2. The molecule has 0 fully saturated rings. The standard InChI is InChI=1S/C11H20N4O.HI/c1-7(2)14-11(12-5)13-6-10-15-8(3)9(4)16-10;/h7H,6H2,1-5H3,(H2,12,13,14);1H. The van der Waals surface area contributed by atoms with Crippen LogP contribution in [0.4, 0.5) is 0 Å². The highest BCUT2D eigenvalue weighted by Gasteiger charge is 2.06. The Kier molecular flexibility index (Phi) is 7.17. The zero-order valence-electron chi connectivity index (χ0n) is 11.0. The second kappa shape index (κ2) is 7.52. The maximum Gasteiger partial charge on any atom is 0.214 e. The molecular formula is C11H21IN4O. The lowest BCUT2D eigenvalue weighted by atomic mass is 10.4. The van der Waals surface area contributed by atoms with Crippen LogP contribution in [0.15, 0.2) is 9.41 Å². The highest BCUT2D eigenvalue weighted by Crippen LogP contribution is 2.07. The van der Waals surface area contributed by atoms with Gasteiger partial charge in [-0.2, -0.15) is 0 Å². The lowest BCUT2D eigenvalue weighted by Crippen LogP contribution is -2.40. The first-order valence-corrected chi connectivity index (χ1v) is 5.43. The molecule has 0 atom stereocenters. The maximum atomic E-state index is 5.46. The summed E-state index contributed by atoms with van der Waals surface area (Å²) in [6, 6.07) is 0.347. The number of hydrogen-bond acceptors (Lipinski definition) is 3. The van der Waals surface area contributed by atoms with E-state index in [9.17, 15) is 0 Å². The van der Waals surface area contributed by atoms with Gasteiger partial charge in [0, 0.05) is 13.1 Å². The normalized spacial score (nSPS) is 11.3. The predicted octanol–water partition coefficient (Wildman–Crippen LogP) is 1.98. The molecule has 0 aromatic carbocycles. The molecule has 1 aromatic rings. The molecule has 98 valence electrons. The number of aliphatic imine (C=N–C) groups is 1. The Morgan fingerprint density at radius 2 is 2.06 bits per heavy atom. The van der Waals surface area contributed by atoms with E-state index in [1.807, 2.05) is 13.8 Å². The molecule has 17 heavy (non-hydrogen) atoms. The molecule has 1 heterocycles. The summed E-state index contributed by atoms with van der Waals surface area (Å²) in [5.74, 6) is 2.30. The number of rotatable bonds is 3. The Hall–Kier alpha value is -0.790. The SMILES string of the molecule is CN=C(NCc1nc(C)c(C)o1)NC(C)C.I. The molecule has 6 heteroatoms. The van der Waals surface area contributed by atoms with Gasteiger partial charge in [-0.1, -0.05) is 0 Å². The highest BCUT2D eigenvalue weighted by atomic mass is 127. The average molecular weight is 352 g/mol. The molecule has 0 saturated heterocycles. The van der Waals surface area contributed by atoms with Crippen LogP contribution >= 0.6 is 24.0 Å². The van der Waals surface area contributed by atoms with Crippen molar-refractivity contribution < 1.29 is 4.42 Å². The molecule has 0 aliphatic heterocycles. The van der Waals surface area contributed by atoms with Crippen molar-refractivity contribution in [2.75, 3.05) is 7.05 Å². The first-order chi connectivity index (χ1) is 7.52. The molecule has 0 radical (unpaired) electrons. The molecule has 0 aliphatic rings. The van der Waals surface area contributed by atoms with Crippen LogP contribution in [0.25, 0.3) is 0 Å². The van der Waals surface area contributed by atoms with Gasteiger partial charge in [0.15, 0.2) is 5.96 Å². The Balaban J connectivity index is 0.00000256. The van der Waals surface area contributed by atoms with E-state index in [4.69, 9.17) is 4.42 Å². The topological polar surface area (TPSA) is 62.5 Å². The van der Waals surface area contributed by atoms with Gasteiger partial charge < -0.3 is 15.1 Å². The fourth-order valence-electron chi connectivity index (χ4n) is 1.24. The third kappa shape index (κ3) is 5.38. The monoisotopic (exact) mass is 352 g/mol. The van der Waals surface area contributed by atoms with Crippen LogP contribution in [-0.2, 0) is 6.54 Å². The second-order valence-corrected chi connectivity index (χ2v) is 3.97. The van der Waals surface area contributed by atoms with E-state index in [2.05, 4.69) is 34.5 Å². The van der Waals surface area contributed by atoms with Gasteiger partial charge >= 0.3 is 0 Å². The van der Waals surface area contributed by atoms with Gasteiger partial charge in [0.1, 0.15) is 5.76 Å². The summed E-state index contributed by atoms with van der Waals surface area (Å²) in [5.41, 5.74) is 0.934. The van der Waals surface area contributed by atoms with Gasteiger partial charge in [-0.05, 0) is 27.7 Å². The van der Waals surface area contributed by atoms with Gasteiger partial charge in [-0.3, -0.25) is 4.99 Å². The molecule has 0 amide bonds. The van der Waals surface area contributed by atoms with E-state index < -0.39 is 0 Å². The van der Waals surface area contributed by atoms with Crippen LogP contribution in [0.2, 0.25) is 0 Å². The summed E-state index contributed by atoms with van der Waals surface area (Å²) < 4.78 is 5.46. The summed E-state index contributed by atoms with van der Waals surface area (Å²) in [5, 5.41) is 6.33. The van der Waals surface area contributed by atoms with Crippen LogP contribution in [0.1, 0.15) is 31.2 Å². The molecule has 1 rings (SSSR count). The second-order valence-electron chi connectivity index (χ2n) is 3.97. The first-order valence-electron chi connectivity index (χ1n) is 5.43. The minimum Gasteiger partial charge on any atom is -0.444 e. The van der Waals surface area contributed by atoms with Crippen molar-refractivity contribution in [3.63, 3.8) is 0 Å². The van der Waals surface area contributed by atoms with E-state index in [-0.39, 0.29) is 24.0 Å². The Labute approximate surface area is 120 Å². The largest absolute Gasteiger partial charge is 0.444 e. The Bertz CT molecular complexity index is 354. The molecule has 0 spiro atoms. The van der Waals surface area contributed by atoms with E-state index in [1.54, 1.807) is 7.05 Å². The minimum atomic E-state index is 0. The van der Waals surface area contributed by atoms with Gasteiger partial charge in [0.25, 0.3) is 0 Å². The lowest BCUT2D eigenvalue weighted by molar-refractivity contribution is 0.463. The summed E-state index contributed by atoms with van der Waals surface area (Å²) >= 11 is 0. The molecular weight excluding hydrogens is 331 g/mol. The maximum absolute atomic E-state index is 5.46. The molecule has 0 saturated carbocycles. The Morgan fingerprint density at radius 3 is 2.47 bits per heavy atom. The molecule has 5 nitrogen and oxygen atoms in total. The fourth-order valence-corrected chi connectivity index (χ4v) is 1.24. The van der Waals surface area contributed by atoms with Crippen molar-refractivity contribution >= 4 is 29.9 Å². The van der Waals surface area contributed by atoms with Gasteiger partial charge in [-0.15, -0.1) is 24.0 Å². The van der Waals surface area contributed by atoms with Crippen molar-refractivity contribution in [1.29, 1.82) is 0 Å². The van der Waals surface area contributed by atoms with Crippen LogP contribution in [0.3, 0.4) is 0 Å². The third-order valence-electron chi connectivity index (χ3n) is 2.13. The smallest absolute Gasteiger partial charge is 0.214 e. The van der Waals surface area contributed by atoms with Crippen LogP contribution in [-0.4, -0.2) is 24.0 Å². The van der Waals surface area contributed by atoms with Crippen LogP contribution < -0.4 is 10.6 Å². The average Bonchev–Trinajstić information content (AvgIpc) is 2.53. The summed E-state index contributed by atoms with van der Waals surface area (Å²) in [7, 11) is 1.74. The minimum absolute atomic E-state index is 0. The number of hydrogen-bond donors (Lipinski definition) is 2. The summed E-state index contributed by atoms with van der Waals surface area (Å²) in [4.78, 5) is 8.38. The predicted molar refractivity (Wildman–Crippen MR) is 79.9 cm³/mol. The quantitative estimate of drug-likeness (QED) is 0.496. The summed E-state index contributed by atoms with van der Waals surface area (Å²) in [6.45, 7) is 8.51. The van der Waals surface area contributed by atoms with Crippen LogP contribution in [0, 0.1) is 13.8 Å². The van der Waals surface area contributed by atoms with E-state index >= 15 is 0 Å². The Morgan fingerprint density at radius 1 is 1.41 bits per heavy atom. The lowest BCUT2D eigenvalue weighted by Gasteiger charge is -2.12. The van der Waals surface area contributed by atoms with Crippen molar-refractivity contribution in [2.24, 2.45) is 4.99 Å². The van der Waals surface area contributed by atoms with Crippen molar-refractivity contribution in [1.82, 2.24) is 15.6 Å². The van der Waals surface area contributed by atoms with E-state index in [0.717, 1.165) is 17.4 Å². The number of nitrogens with zero attached hydrogens (tertiary/aromatic N) is 2. The van der Waals surface area contributed by atoms with Gasteiger partial charge in [-0.25, -0.2) is 4.98 Å². The highest BCUT2D eigenvalue weighted by molar-refractivity contribution is 14.0. The number of oxazole rings is 1. The summed E-state index contributed by atoms with van der Waals surface area (Å²) in [6.07, 6.45) is 0. The molecule has 1 aromatic heterocycles. The van der Waals surface area contributed by atoms with Crippen molar-refractivity contribution in [3.8, 4) is 0 Å².